The largest absolute Gasteiger partial charge is 0.388 e. The molecule has 0 fully saturated rings. The van der Waals surface area contributed by atoms with Crippen molar-refractivity contribution in [3.05, 3.63) is 50.1 Å². The van der Waals surface area contributed by atoms with Crippen molar-refractivity contribution in [1.29, 1.82) is 0 Å². The van der Waals surface area contributed by atoms with Crippen LogP contribution in [0.3, 0.4) is 0 Å². The summed E-state index contributed by atoms with van der Waals surface area (Å²) in [6.07, 6.45) is 0. The van der Waals surface area contributed by atoms with Crippen LogP contribution < -0.4 is 5.69 Å². The Balaban J connectivity index is 2.40. The second-order valence-corrected chi connectivity index (χ2v) is 4.68. The molecule has 0 aliphatic heterocycles. The SMILES string of the molecule is Cc1ccc(Br)cc1Cn1c(CO)n[nH]c1=O. The maximum absolute atomic E-state index is 11.5. The number of hydrogen-bond donors (Lipinski definition) is 2. The van der Waals surface area contributed by atoms with Gasteiger partial charge in [0, 0.05) is 4.47 Å². The highest BCUT2D eigenvalue weighted by molar-refractivity contribution is 9.10. The van der Waals surface area contributed by atoms with Crippen LogP contribution in [0.5, 0.6) is 0 Å². The Hall–Kier alpha value is -1.40. The quantitative estimate of drug-likeness (QED) is 0.894. The second kappa shape index (κ2) is 4.85. The summed E-state index contributed by atoms with van der Waals surface area (Å²) in [5, 5.41) is 15.2. The van der Waals surface area contributed by atoms with E-state index >= 15 is 0 Å². The first-order valence-electron chi connectivity index (χ1n) is 5.12. The molecule has 1 aromatic carbocycles. The van der Waals surface area contributed by atoms with E-state index in [1.165, 1.54) is 4.57 Å². The smallest absolute Gasteiger partial charge is 0.343 e. The molecule has 2 N–H and O–H groups in total. The molecule has 2 rings (SSSR count). The van der Waals surface area contributed by atoms with Crippen molar-refractivity contribution in [3.8, 4) is 0 Å². The average molecular weight is 298 g/mol. The third-order valence-corrected chi connectivity index (χ3v) is 3.11. The average Bonchev–Trinajstić information content (AvgIpc) is 2.65. The van der Waals surface area contributed by atoms with Crippen LogP contribution >= 0.6 is 15.9 Å². The number of aromatic amines is 1. The van der Waals surface area contributed by atoms with E-state index in [0.29, 0.717) is 12.4 Å². The van der Waals surface area contributed by atoms with E-state index in [2.05, 4.69) is 26.1 Å². The first-order chi connectivity index (χ1) is 8.11. The lowest BCUT2D eigenvalue weighted by Gasteiger charge is -2.08. The summed E-state index contributed by atoms with van der Waals surface area (Å²) in [6.45, 7) is 2.12. The molecule has 1 heterocycles. The third kappa shape index (κ3) is 2.48. The zero-order chi connectivity index (χ0) is 12.4. The molecule has 0 atom stereocenters. The molecule has 17 heavy (non-hydrogen) atoms. The van der Waals surface area contributed by atoms with Crippen LogP contribution in [0.1, 0.15) is 17.0 Å². The predicted molar refractivity (Wildman–Crippen MR) is 66.8 cm³/mol. The number of nitrogens with zero attached hydrogens (tertiary/aromatic N) is 2. The minimum atomic E-state index is -0.312. The van der Waals surface area contributed by atoms with Gasteiger partial charge in [0.25, 0.3) is 0 Å². The summed E-state index contributed by atoms with van der Waals surface area (Å²) in [5.74, 6) is 0.342. The number of aryl methyl sites for hydroxylation is 1. The molecule has 90 valence electrons. The van der Waals surface area contributed by atoms with Crippen molar-refractivity contribution in [3.63, 3.8) is 0 Å². The van der Waals surface area contributed by atoms with Crippen molar-refractivity contribution < 1.29 is 5.11 Å². The van der Waals surface area contributed by atoms with Gasteiger partial charge in [0.15, 0.2) is 5.82 Å². The zero-order valence-electron chi connectivity index (χ0n) is 9.27. The lowest BCUT2D eigenvalue weighted by molar-refractivity contribution is 0.265. The summed E-state index contributed by atoms with van der Waals surface area (Å²) in [5.41, 5.74) is 1.79. The molecule has 1 aromatic heterocycles. The molecule has 0 amide bonds. The molecule has 2 aromatic rings. The first kappa shape index (κ1) is 12.1. The number of H-pyrrole nitrogens is 1. The van der Waals surface area contributed by atoms with Gasteiger partial charge in [0.2, 0.25) is 0 Å². The number of aliphatic hydroxyl groups is 1. The molecule has 5 nitrogen and oxygen atoms in total. The van der Waals surface area contributed by atoms with E-state index < -0.39 is 0 Å². The molecule has 0 spiro atoms. The van der Waals surface area contributed by atoms with Gasteiger partial charge >= 0.3 is 5.69 Å². The molecule has 0 radical (unpaired) electrons. The van der Waals surface area contributed by atoms with Gasteiger partial charge in [0.1, 0.15) is 6.61 Å². The van der Waals surface area contributed by atoms with Crippen molar-refractivity contribution >= 4 is 15.9 Å². The van der Waals surface area contributed by atoms with Gasteiger partial charge in [-0.25, -0.2) is 9.89 Å². The molecular formula is C11H12BrN3O2. The van der Waals surface area contributed by atoms with Crippen LogP contribution in [-0.4, -0.2) is 19.9 Å². The fourth-order valence-electron chi connectivity index (χ4n) is 1.61. The van der Waals surface area contributed by atoms with Crippen molar-refractivity contribution in [1.82, 2.24) is 14.8 Å². The fourth-order valence-corrected chi connectivity index (χ4v) is 2.02. The highest BCUT2D eigenvalue weighted by Crippen LogP contribution is 2.16. The van der Waals surface area contributed by atoms with Crippen molar-refractivity contribution in [2.24, 2.45) is 0 Å². The normalized spacial score (nSPS) is 10.8. The lowest BCUT2D eigenvalue weighted by atomic mass is 10.1. The van der Waals surface area contributed by atoms with Crippen molar-refractivity contribution in [2.45, 2.75) is 20.1 Å². The highest BCUT2D eigenvalue weighted by Gasteiger charge is 2.09. The molecule has 0 unspecified atom stereocenters. The minimum Gasteiger partial charge on any atom is -0.388 e. The molecular weight excluding hydrogens is 286 g/mol. The van der Waals surface area contributed by atoms with Gasteiger partial charge in [-0.3, -0.25) is 4.57 Å². The number of hydrogen-bond acceptors (Lipinski definition) is 3. The summed E-state index contributed by atoms with van der Waals surface area (Å²) < 4.78 is 2.38. The Kier molecular flexibility index (Phi) is 3.44. The molecule has 0 aliphatic rings. The Morgan fingerprint density at radius 1 is 1.53 bits per heavy atom. The topological polar surface area (TPSA) is 70.9 Å². The first-order valence-corrected chi connectivity index (χ1v) is 5.91. The Morgan fingerprint density at radius 3 is 3.00 bits per heavy atom. The van der Waals surface area contributed by atoms with Crippen molar-refractivity contribution in [2.75, 3.05) is 0 Å². The van der Waals surface area contributed by atoms with Gasteiger partial charge in [-0.1, -0.05) is 22.0 Å². The molecule has 0 bridgehead atoms. The van der Waals surface area contributed by atoms with E-state index in [9.17, 15) is 4.79 Å². The van der Waals surface area contributed by atoms with Gasteiger partial charge in [-0.15, -0.1) is 0 Å². The molecule has 0 aliphatic carbocycles. The van der Waals surface area contributed by atoms with E-state index in [1.807, 2.05) is 25.1 Å². The maximum atomic E-state index is 11.5. The van der Waals surface area contributed by atoms with Gasteiger partial charge < -0.3 is 5.11 Å². The summed E-state index contributed by atoms with van der Waals surface area (Å²) in [6, 6.07) is 5.88. The molecule has 0 saturated heterocycles. The molecule has 0 saturated carbocycles. The van der Waals surface area contributed by atoms with Crippen LogP contribution in [-0.2, 0) is 13.2 Å². The number of halogens is 1. The second-order valence-electron chi connectivity index (χ2n) is 3.76. The number of rotatable bonds is 3. The Morgan fingerprint density at radius 2 is 2.29 bits per heavy atom. The standard InChI is InChI=1S/C11H12BrN3O2/c1-7-2-3-9(12)4-8(7)5-15-10(6-16)13-14-11(15)17/h2-4,16H,5-6H2,1H3,(H,14,17). The van der Waals surface area contributed by atoms with Gasteiger partial charge in [-0.2, -0.15) is 5.10 Å². The Bertz CT molecular complexity index is 589. The minimum absolute atomic E-state index is 0.258. The van der Waals surface area contributed by atoms with E-state index in [0.717, 1.165) is 15.6 Å². The van der Waals surface area contributed by atoms with Gasteiger partial charge in [0.05, 0.1) is 6.54 Å². The number of aromatic nitrogens is 3. The van der Waals surface area contributed by atoms with Gasteiger partial charge in [-0.05, 0) is 30.2 Å². The van der Waals surface area contributed by atoms with Crippen LogP contribution in [0, 0.1) is 6.92 Å². The number of benzene rings is 1. The fraction of sp³-hybridized carbons (Fsp3) is 0.273. The van der Waals surface area contributed by atoms with Crippen LogP contribution in [0.2, 0.25) is 0 Å². The third-order valence-electron chi connectivity index (χ3n) is 2.62. The summed E-state index contributed by atoms with van der Waals surface area (Å²) in [4.78, 5) is 11.5. The monoisotopic (exact) mass is 297 g/mol. The number of nitrogens with one attached hydrogen (secondary N) is 1. The summed E-state index contributed by atoms with van der Waals surface area (Å²) >= 11 is 3.39. The van der Waals surface area contributed by atoms with Crippen LogP contribution in [0.4, 0.5) is 0 Å². The highest BCUT2D eigenvalue weighted by atomic mass is 79.9. The summed E-state index contributed by atoms with van der Waals surface area (Å²) in [7, 11) is 0. The molecule has 6 heteroatoms. The maximum Gasteiger partial charge on any atom is 0.343 e. The van der Waals surface area contributed by atoms with Crippen LogP contribution in [0.15, 0.2) is 27.5 Å². The van der Waals surface area contributed by atoms with E-state index in [1.54, 1.807) is 0 Å². The lowest BCUT2D eigenvalue weighted by Crippen LogP contribution is -2.20. The van der Waals surface area contributed by atoms with E-state index in [-0.39, 0.29) is 12.3 Å². The van der Waals surface area contributed by atoms with Crippen LogP contribution in [0.25, 0.3) is 0 Å². The Labute approximate surface area is 106 Å². The predicted octanol–water partition coefficient (Wildman–Crippen LogP) is 1.18. The number of aliphatic hydroxyl groups excluding tert-OH is 1. The zero-order valence-corrected chi connectivity index (χ0v) is 10.9. The van der Waals surface area contributed by atoms with E-state index in [4.69, 9.17) is 5.11 Å².